The van der Waals surface area contributed by atoms with E-state index in [2.05, 4.69) is 4.98 Å². The minimum absolute atomic E-state index is 0.127. The minimum Gasteiger partial charge on any atom is -0.491 e. The van der Waals surface area contributed by atoms with Gasteiger partial charge in [0.1, 0.15) is 43.2 Å². The Hall–Kier alpha value is -3.35. The Balaban J connectivity index is 1.31. The van der Waals surface area contributed by atoms with E-state index in [1.165, 1.54) is 0 Å². The molecule has 4 rings (SSSR count). The molecule has 4 aromatic rings. The zero-order valence-corrected chi connectivity index (χ0v) is 16.5. The zero-order chi connectivity index (χ0) is 20.8. The Morgan fingerprint density at radius 1 is 0.833 bits per heavy atom. The van der Waals surface area contributed by atoms with Crippen LogP contribution in [0, 0.1) is 0 Å². The first-order valence-electron chi connectivity index (χ1n) is 9.85. The van der Waals surface area contributed by atoms with Crippen LogP contribution in [0.1, 0.15) is 11.4 Å². The highest BCUT2D eigenvalue weighted by Gasteiger charge is 2.14. The van der Waals surface area contributed by atoms with Crippen molar-refractivity contribution in [3.8, 4) is 11.5 Å². The Kier molecular flexibility index (Phi) is 6.27. The molecule has 0 bridgehead atoms. The van der Waals surface area contributed by atoms with E-state index in [1.54, 1.807) is 0 Å². The van der Waals surface area contributed by atoms with E-state index >= 15 is 0 Å². The predicted octanol–water partition coefficient (Wildman–Crippen LogP) is 3.55. The van der Waals surface area contributed by atoms with E-state index in [0.717, 1.165) is 22.3 Å². The Bertz CT molecular complexity index is 1080. The van der Waals surface area contributed by atoms with Gasteiger partial charge in [0, 0.05) is 0 Å². The molecule has 0 unspecified atom stereocenters. The van der Waals surface area contributed by atoms with E-state index in [9.17, 15) is 10.2 Å². The molecule has 1 heterocycles. The summed E-state index contributed by atoms with van der Waals surface area (Å²) in [7, 11) is 0. The third kappa shape index (κ3) is 4.79. The first-order valence-corrected chi connectivity index (χ1v) is 9.85. The number of aromatic nitrogens is 2. The summed E-state index contributed by atoms with van der Waals surface area (Å²) in [6.07, 6.45) is -0.748. The molecule has 1 aromatic heterocycles. The second-order valence-electron chi connectivity index (χ2n) is 7.00. The van der Waals surface area contributed by atoms with Crippen LogP contribution in [0.4, 0.5) is 0 Å². The third-order valence-corrected chi connectivity index (χ3v) is 4.78. The molecular formula is C24H24N2O4. The molecule has 6 heteroatoms. The summed E-state index contributed by atoms with van der Waals surface area (Å²) in [6, 6.07) is 24.9. The number of hydrogen-bond donors (Lipinski definition) is 2. The van der Waals surface area contributed by atoms with E-state index in [1.807, 2.05) is 83.4 Å². The summed E-state index contributed by atoms with van der Waals surface area (Å²) in [4.78, 5) is 4.40. The van der Waals surface area contributed by atoms with Crippen LogP contribution in [-0.2, 0) is 19.8 Å². The lowest BCUT2D eigenvalue weighted by molar-refractivity contribution is 0.0914. The van der Waals surface area contributed by atoms with E-state index < -0.39 is 6.10 Å². The SMILES string of the molecule is OCc1nc2ccccc2n1C[C@@H](O)COc1ccc(OCc2ccccc2)cc1. The standard InChI is InChI=1S/C24H24N2O4/c27-15-24-25-22-8-4-5-9-23(22)26(24)14-19(28)17-30-21-12-10-20(11-13-21)29-16-18-6-2-1-3-7-18/h1-13,19,27-28H,14-17H2/t19-/m1/s1. The molecular weight excluding hydrogens is 380 g/mol. The number of aliphatic hydroxyl groups is 2. The number of ether oxygens (including phenoxy) is 2. The average molecular weight is 404 g/mol. The maximum absolute atomic E-state index is 10.4. The van der Waals surface area contributed by atoms with Crippen molar-refractivity contribution in [3.63, 3.8) is 0 Å². The van der Waals surface area contributed by atoms with Crippen molar-refractivity contribution >= 4 is 11.0 Å². The quantitative estimate of drug-likeness (QED) is 0.446. The lowest BCUT2D eigenvalue weighted by Crippen LogP contribution is -2.24. The summed E-state index contributed by atoms with van der Waals surface area (Å²) in [6.45, 7) is 0.731. The number of para-hydroxylation sites is 2. The van der Waals surface area contributed by atoms with E-state index in [4.69, 9.17) is 9.47 Å². The first-order chi connectivity index (χ1) is 14.7. The molecule has 1 atom stereocenters. The predicted molar refractivity (Wildman–Crippen MR) is 114 cm³/mol. The van der Waals surface area contributed by atoms with Crippen molar-refractivity contribution in [2.24, 2.45) is 0 Å². The van der Waals surface area contributed by atoms with Crippen LogP contribution in [0.2, 0.25) is 0 Å². The fraction of sp³-hybridized carbons (Fsp3) is 0.208. The number of hydrogen-bond acceptors (Lipinski definition) is 5. The number of nitrogens with zero attached hydrogens (tertiary/aromatic N) is 2. The fourth-order valence-electron chi connectivity index (χ4n) is 3.28. The fourth-order valence-corrected chi connectivity index (χ4v) is 3.28. The van der Waals surface area contributed by atoms with E-state index in [0.29, 0.717) is 18.2 Å². The first kappa shape index (κ1) is 19.9. The molecule has 0 fully saturated rings. The van der Waals surface area contributed by atoms with Gasteiger partial charge in [-0.05, 0) is 42.0 Å². The van der Waals surface area contributed by atoms with E-state index in [-0.39, 0.29) is 19.8 Å². The number of fused-ring (bicyclic) bond motifs is 1. The van der Waals surface area contributed by atoms with Crippen molar-refractivity contribution in [2.45, 2.75) is 25.9 Å². The zero-order valence-electron chi connectivity index (χ0n) is 16.5. The molecule has 0 amide bonds. The Morgan fingerprint density at radius 2 is 1.50 bits per heavy atom. The topological polar surface area (TPSA) is 76.7 Å². The number of benzene rings is 3. The number of rotatable bonds is 9. The highest BCUT2D eigenvalue weighted by Crippen LogP contribution is 2.20. The van der Waals surface area contributed by atoms with Gasteiger partial charge in [-0.3, -0.25) is 0 Å². The van der Waals surface area contributed by atoms with Crippen molar-refractivity contribution in [3.05, 3.63) is 90.3 Å². The average Bonchev–Trinajstić information content (AvgIpc) is 3.15. The van der Waals surface area contributed by atoms with Gasteiger partial charge in [-0.15, -0.1) is 0 Å². The molecule has 2 N–H and O–H groups in total. The largest absolute Gasteiger partial charge is 0.491 e. The Labute approximate surface area is 175 Å². The summed E-state index contributed by atoms with van der Waals surface area (Å²) in [5.41, 5.74) is 2.77. The molecule has 0 radical (unpaired) electrons. The minimum atomic E-state index is -0.748. The molecule has 30 heavy (non-hydrogen) atoms. The van der Waals surface area contributed by atoms with Gasteiger partial charge in [-0.2, -0.15) is 0 Å². The molecule has 0 aliphatic heterocycles. The van der Waals surface area contributed by atoms with Gasteiger partial charge in [-0.25, -0.2) is 4.98 Å². The summed E-state index contributed by atoms with van der Waals surface area (Å²) in [5.74, 6) is 1.93. The molecule has 3 aromatic carbocycles. The third-order valence-electron chi connectivity index (χ3n) is 4.78. The Morgan fingerprint density at radius 3 is 2.23 bits per heavy atom. The van der Waals surface area contributed by atoms with Crippen LogP contribution in [0.25, 0.3) is 11.0 Å². The van der Waals surface area contributed by atoms with Gasteiger partial charge >= 0.3 is 0 Å². The molecule has 0 aliphatic carbocycles. The van der Waals surface area contributed by atoms with Gasteiger partial charge in [0.25, 0.3) is 0 Å². The van der Waals surface area contributed by atoms with Crippen LogP contribution in [0.3, 0.4) is 0 Å². The monoisotopic (exact) mass is 404 g/mol. The lowest BCUT2D eigenvalue weighted by atomic mass is 10.2. The smallest absolute Gasteiger partial charge is 0.135 e. The van der Waals surface area contributed by atoms with Gasteiger partial charge in [0.05, 0.1) is 17.6 Å². The van der Waals surface area contributed by atoms with Gasteiger partial charge in [0.15, 0.2) is 0 Å². The van der Waals surface area contributed by atoms with Crippen molar-refractivity contribution in [1.82, 2.24) is 9.55 Å². The molecule has 6 nitrogen and oxygen atoms in total. The second-order valence-corrected chi connectivity index (χ2v) is 7.00. The summed E-state index contributed by atoms with van der Waals surface area (Å²) < 4.78 is 13.3. The van der Waals surface area contributed by atoms with Crippen LogP contribution in [0.5, 0.6) is 11.5 Å². The van der Waals surface area contributed by atoms with Crippen molar-refractivity contribution in [2.75, 3.05) is 6.61 Å². The maximum atomic E-state index is 10.4. The molecule has 0 spiro atoms. The van der Waals surface area contributed by atoms with Crippen molar-refractivity contribution < 1.29 is 19.7 Å². The van der Waals surface area contributed by atoms with Crippen LogP contribution in [-0.4, -0.2) is 32.5 Å². The van der Waals surface area contributed by atoms with Gasteiger partial charge in [-0.1, -0.05) is 42.5 Å². The van der Waals surface area contributed by atoms with Crippen LogP contribution < -0.4 is 9.47 Å². The highest BCUT2D eigenvalue weighted by atomic mass is 16.5. The normalized spacial score (nSPS) is 12.1. The molecule has 0 saturated carbocycles. The van der Waals surface area contributed by atoms with Gasteiger partial charge in [0.2, 0.25) is 0 Å². The summed E-state index contributed by atoms with van der Waals surface area (Å²) >= 11 is 0. The second kappa shape index (κ2) is 9.43. The number of imidazole rings is 1. The molecule has 0 aliphatic rings. The van der Waals surface area contributed by atoms with Crippen molar-refractivity contribution in [1.29, 1.82) is 0 Å². The molecule has 154 valence electrons. The van der Waals surface area contributed by atoms with Gasteiger partial charge < -0.3 is 24.3 Å². The molecule has 0 saturated heterocycles. The lowest BCUT2D eigenvalue weighted by Gasteiger charge is -2.15. The van der Waals surface area contributed by atoms with Crippen LogP contribution >= 0.6 is 0 Å². The number of aliphatic hydroxyl groups excluding tert-OH is 2. The van der Waals surface area contributed by atoms with Crippen LogP contribution in [0.15, 0.2) is 78.9 Å². The highest BCUT2D eigenvalue weighted by molar-refractivity contribution is 5.75. The summed E-state index contributed by atoms with van der Waals surface area (Å²) in [5, 5.41) is 20.0. The maximum Gasteiger partial charge on any atom is 0.135 e.